The lowest BCUT2D eigenvalue weighted by atomic mass is 9.99. The van der Waals surface area contributed by atoms with E-state index in [1.54, 1.807) is 10.6 Å². The van der Waals surface area contributed by atoms with Crippen LogP contribution >= 0.6 is 0 Å². The van der Waals surface area contributed by atoms with Gasteiger partial charge in [0.05, 0.1) is 0 Å². The van der Waals surface area contributed by atoms with Crippen molar-refractivity contribution in [1.82, 2.24) is 19.0 Å². The van der Waals surface area contributed by atoms with Crippen molar-refractivity contribution in [2.75, 3.05) is 6.54 Å². The van der Waals surface area contributed by atoms with Gasteiger partial charge in [0.1, 0.15) is 11.5 Å². The SMILES string of the molecule is Cc1ccc(-c2ccn(-c3ccc4c5c(n(C)c4n3)CC3CCCN3C5)c(=O)c2)cc1. The Bertz CT molecular complexity index is 1360. The molecule has 0 bridgehead atoms. The molecule has 5 nitrogen and oxygen atoms in total. The number of pyridine rings is 2. The van der Waals surface area contributed by atoms with E-state index >= 15 is 0 Å². The quantitative estimate of drug-likeness (QED) is 0.497. The van der Waals surface area contributed by atoms with Crippen LogP contribution in [0.15, 0.2) is 59.5 Å². The summed E-state index contributed by atoms with van der Waals surface area (Å²) in [5.41, 5.74) is 6.91. The standard InChI is InChI=1S/C26H26N4O/c1-17-5-7-18(8-6-17)19-11-13-30(25(31)14-19)24-10-9-21-22-16-29-12-3-4-20(29)15-23(22)28(2)26(21)27-24/h5-11,13-14,20H,3-4,12,15-16H2,1-2H3. The molecule has 1 unspecified atom stereocenters. The number of nitrogens with zero attached hydrogens (tertiary/aromatic N) is 4. The lowest BCUT2D eigenvalue weighted by Crippen LogP contribution is -2.35. The van der Waals surface area contributed by atoms with Gasteiger partial charge >= 0.3 is 0 Å². The Morgan fingerprint density at radius 2 is 1.87 bits per heavy atom. The summed E-state index contributed by atoms with van der Waals surface area (Å²) in [6, 6.07) is 16.7. The van der Waals surface area contributed by atoms with Crippen molar-refractivity contribution in [2.24, 2.45) is 7.05 Å². The summed E-state index contributed by atoms with van der Waals surface area (Å²) < 4.78 is 3.89. The zero-order valence-corrected chi connectivity index (χ0v) is 18.0. The Hall–Kier alpha value is -3.18. The molecule has 5 heteroatoms. The molecule has 4 aromatic rings. The van der Waals surface area contributed by atoms with E-state index in [0.717, 1.165) is 29.7 Å². The molecule has 5 heterocycles. The summed E-state index contributed by atoms with van der Waals surface area (Å²) in [7, 11) is 2.12. The molecular weight excluding hydrogens is 384 g/mol. The molecule has 2 aliphatic heterocycles. The van der Waals surface area contributed by atoms with E-state index in [0.29, 0.717) is 11.9 Å². The van der Waals surface area contributed by atoms with Gasteiger partial charge in [-0.25, -0.2) is 4.98 Å². The van der Waals surface area contributed by atoms with Crippen molar-refractivity contribution < 1.29 is 0 Å². The summed E-state index contributed by atoms with van der Waals surface area (Å²) in [5.74, 6) is 0.673. The zero-order chi connectivity index (χ0) is 21.1. The zero-order valence-electron chi connectivity index (χ0n) is 18.0. The van der Waals surface area contributed by atoms with Crippen LogP contribution in [0.25, 0.3) is 28.0 Å². The Balaban J connectivity index is 1.41. The van der Waals surface area contributed by atoms with Crippen LogP contribution < -0.4 is 5.56 Å². The minimum atomic E-state index is -0.0652. The first-order valence-electron chi connectivity index (χ1n) is 11.1. The molecule has 2 aliphatic rings. The molecule has 1 aromatic carbocycles. The van der Waals surface area contributed by atoms with Crippen LogP contribution in [-0.4, -0.2) is 31.6 Å². The lowest BCUT2D eigenvalue weighted by Gasteiger charge is -2.30. The predicted octanol–water partition coefficient (Wildman–Crippen LogP) is 4.22. The molecule has 0 spiro atoms. The van der Waals surface area contributed by atoms with Gasteiger partial charge in [-0.3, -0.25) is 14.3 Å². The topological polar surface area (TPSA) is 43.1 Å². The molecule has 156 valence electrons. The van der Waals surface area contributed by atoms with Crippen molar-refractivity contribution in [3.05, 3.63) is 81.9 Å². The van der Waals surface area contributed by atoms with Crippen LogP contribution in [0.3, 0.4) is 0 Å². The van der Waals surface area contributed by atoms with E-state index in [1.165, 1.54) is 41.6 Å². The summed E-state index contributed by atoms with van der Waals surface area (Å²) in [6.45, 7) is 4.28. The normalized spacial score (nSPS) is 18.3. The molecule has 1 atom stereocenters. The van der Waals surface area contributed by atoms with Gasteiger partial charge in [-0.05, 0) is 61.2 Å². The third kappa shape index (κ3) is 2.95. The molecule has 0 saturated carbocycles. The summed E-state index contributed by atoms with van der Waals surface area (Å²) in [4.78, 5) is 20.5. The number of aromatic nitrogens is 3. The van der Waals surface area contributed by atoms with E-state index in [1.807, 2.05) is 18.3 Å². The monoisotopic (exact) mass is 410 g/mol. The van der Waals surface area contributed by atoms with Crippen LogP contribution in [0.4, 0.5) is 0 Å². The molecule has 1 saturated heterocycles. The fourth-order valence-corrected chi connectivity index (χ4v) is 5.34. The molecule has 0 N–H and O–H groups in total. The fourth-order valence-electron chi connectivity index (χ4n) is 5.34. The number of rotatable bonds is 2. The molecule has 1 fully saturated rings. The van der Waals surface area contributed by atoms with Crippen molar-refractivity contribution in [3.63, 3.8) is 0 Å². The maximum atomic E-state index is 12.9. The van der Waals surface area contributed by atoms with E-state index < -0.39 is 0 Å². The average Bonchev–Trinajstić information content (AvgIpc) is 3.35. The first kappa shape index (κ1) is 18.6. The minimum Gasteiger partial charge on any atom is -0.332 e. The van der Waals surface area contributed by atoms with E-state index in [4.69, 9.17) is 4.98 Å². The predicted molar refractivity (Wildman–Crippen MR) is 124 cm³/mol. The summed E-state index contributed by atoms with van der Waals surface area (Å²) in [5, 5.41) is 1.22. The highest BCUT2D eigenvalue weighted by Crippen LogP contribution is 2.35. The summed E-state index contributed by atoms with van der Waals surface area (Å²) in [6.07, 6.45) is 5.54. The van der Waals surface area contributed by atoms with Crippen LogP contribution in [0.5, 0.6) is 0 Å². The Morgan fingerprint density at radius 3 is 2.68 bits per heavy atom. The Kier molecular flexibility index (Phi) is 4.15. The van der Waals surface area contributed by atoms with Crippen LogP contribution in [-0.2, 0) is 20.0 Å². The minimum absolute atomic E-state index is 0.0652. The van der Waals surface area contributed by atoms with Gasteiger partial charge < -0.3 is 4.57 Å². The van der Waals surface area contributed by atoms with Gasteiger partial charge in [-0.15, -0.1) is 0 Å². The van der Waals surface area contributed by atoms with Crippen molar-refractivity contribution in [1.29, 1.82) is 0 Å². The second-order valence-corrected chi connectivity index (χ2v) is 8.99. The molecule has 3 aromatic heterocycles. The van der Waals surface area contributed by atoms with Crippen LogP contribution in [0, 0.1) is 6.92 Å². The number of aryl methyl sites for hydroxylation is 2. The lowest BCUT2D eigenvalue weighted by molar-refractivity contribution is 0.225. The largest absolute Gasteiger partial charge is 0.332 e. The first-order chi connectivity index (χ1) is 15.1. The second kappa shape index (κ2) is 6.92. The molecule has 0 aliphatic carbocycles. The van der Waals surface area contributed by atoms with E-state index in [2.05, 4.69) is 53.8 Å². The maximum Gasteiger partial charge on any atom is 0.256 e. The highest BCUT2D eigenvalue weighted by Gasteiger charge is 2.33. The highest BCUT2D eigenvalue weighted by atomic mass is 16.1. The number of hydrogen-bond donors (Lipinski definition) is 0. The fraction of sp³-hybridized carbons (Fsp3) is 0.308. The molecule has 0 radical (unpaired) electrons. The molecule has 6 rings (SSSR count). The number of fused-ring (bicyclic) bond motifs is 4. The Labute approximate surface area is 181 Å². The van der Waals surface area contributed by atoms with E-state index in [-0.39, 0.29) is 5.56 Å². The highest BCUT2D eigenvalue weighted by molar-refractivity contribution is 5.83. The molecular formula is C26H26N4O. The van der Waals surface area contributed by atoms with Crippen molar-refractivity contribution in [2.45, 2.75) is 38.8 Å². The number of benzene rings is 1. The molecule has 31 heavy (non-hydrogen) atoms. The maximum absolute atomic E-state index is 12.9. The average molecular weight is 411 g/mol. The van der Waals surface area contributed by atoms with Crippen molar-refractivity contribution in [3.8, 4) is 16.9 Å². The molecule has 0 amide bonds. The van der Waals surface area contributed by atoms with Gasteiger partial charge in [0.2, 0.25) is 0 Å². The van der Waals surface area contributed by atoms with Crippen molar-refractivity contribution >= 4 is 11.0 Å². The van der Waals surface area contributed by atoms with Gasteiger partial charge in [-0.2, -0.15) is 0 Å². The van der Waals surface area contributed by atoms with E-state index in [9.17, 15) is 4.79 Å². The van der Waals surface area contributed by atoms with Crippen LogP contribution in [0.2, 0.25) is 0 Å². The third-order valence-corrected chi connectivity index (χ3v) is 7.10. The van der Waals surface area contributed by atoms with Gasteiger partial charge in [0, 0.05) is 49.4 Å². The van der Waals surface area contributed by atoms with Gasteiger partial charge in [0.25, 0.3) is 5.56 Å². The Morgan fingerprint density at radius 1 is 1.03 bits per heavy atom. The van der Waals surface area contributed by atoms with Crippen LogP contribution in [0.1, 0.15) is 29.7 Å². The summed E-state index contributed by atoms with van der Waals surface area (Å²) >= 11 is 0. The second-order valence-electron chi connectivity index (χ2n) is 8.99. The number of hydrogen-bond acceptors (Lipinski definition) is 3. The third-order valence-electron chi connectivity index (χ3n) is 7.10. The first-order valence-corrected chi connectivity index (χ1v) is 11.1. The van der Waals surface area contributed by atoms with Gasteiger partial charge in [-0.1, -0.05) is 29.8 Å². The smallest absolute Gasteiger partial charge is 0.256 e. The van der Waals surface area contributed by atoms with Gasteiger partial charge in [0.15, 0.2) is 0 Å².